The summed E-state index contributed by atoms with van der Waals surface area (Å²) in [4.78, 5) is 36.0. The molecule has 1 saturated heterocycles. The van der Waals surface area contributed by atoms with E-state index in [0.717, 1.165) is 5.39 Å². The van der Waals surface area contributed by atoms with E-state index >= 15 is 0 Å². The number of rotatable bonds is 5. The van der Waals surface area contributed by atoms with Gasteiger partial charge in [-0.25, -0.2) is 19.2 Å². The van der Waals surface area contributed by atoms with Crippen molar-refractivity contribution in [1.29, 1.82) is 5.26 Å². The lowest BCUT2D eigenvalue weighted by Gasteiger charge is -2.24. The highest BCUT2D eigenvalue weighted by Crippen LogP contribution is 2.34. The van der Waals surface area contributed by atoms with Crippen molar-refractivity contribution in [3.8, 4) is 22.9 Å². The van der Waals surface area contributed by atoms with Gasteiger partial charge in [0.1, 0.15) is 35.2 Å². The zero-order valence-corrected chi connectivity index (χ0v) is 22.8. The molecule has 5 rings (SSSR count). The van der Waals surface area contributed by atoms with Gasteiger partial charge in [-0.2, -0.15) is 5.26 Å². The van der Waals surface area contributed by atoms with E-state index in [1.807, 2.05) is 24.3 Å². The second kappa shape index (κ2) is 11.2. The van der Waals surface area contributed by atoms with Gasteiger partial charge in [-0.15, -0.1) is 0 Å². The Morgan fingerprint density at radius 1 is 1.12 bits per heavy atom. The van der Waals surface area contributed by atoms with Crippen LogP contribution in [-0.2, 0) is 4.74 Å². The lowest BCUT2D eigenvalue weighted by molar-refractivity contribution is 0.0275. The van der Waals surface area contributed by atoms with Crippen LogP contribution in [0.1, 0.15) is 43.1 Å². The highest BCUT2D eigenvalue weighted by atomic mass is 19.1. The molecule has 1 fully saturated rings. The van der Waals surface area contributed by atoms with Crippen LogP contribution in [0.4, 0.5) is 15.0 Å². The van der Waals surface area contributed by atoms with E-state index < -0.39 is 23.4 Å². The molecule has 0 saturated carbocycles. The van der Waals surface area contributed by atoms with Crippen molar-refractivity contribution in [1.82, 2.24) is 14.9 Å². The average Bonchev–Trinajstić information content (AvgIpc) is 3.41. The summed E-state index contributed by atoms with van der Waals surface area (Å²) in [5.74, 6) is -0.403. The molecule has 4 aromatic rings. The lowest BCUT2D eigenvalue weighted by atomic mass is 10.0. The first-order valence-corrected chi connectivity index (χ1v) is 13.1. The number of pyridine rings is 2. The molecule has 9 nitrogen and oxygen atoms in total. The van der Waals surface area contributed by atoms with Gasteiger partial charge in [0.25, 0.3) is 5.91 Å². The third-order valence-electron chi connectivity index (χ3n) is 6.44. The molecule has 0 spiro atoms. The van der Waals surface area contributed by atoms with E-state index in [9.17, 15) is 14.0 Å². The van der Waals surface area contributed by atoms with Crippen LogP contribution in [0.2, 0.25) is 0 Å². The largest absolute Gasteiger partial charge is 0.488 e. The smallest absolute Gasteiger partial charge is 0.410 e. The van der Waals surface area contributed by atoms with Gasteiger partial charge in [-0.3, -0.25) is 4.79 Å². The Hall–Kier alpha value is -5.04. The average molecular weight is 554 g/mol. The number of nitriles is 1. The van der Waals surface area contributed by atoms with E-state index in [1.54, 1.807) is 62.2 Å². The van der Waals surface area contributed by atoms with Crippen molar-refractivity contribution in [3.63, 3.8) is 0 Å². The van der Waals surface area contributed by atoms with Crippen LogP contribution in [0, 0.1) is 17.1 Å². The molecule has 1 unspecified atom stereocenters. The zero-order chi connectivity index (χ0) is 29.1. The number of nitrogens with one attached hydrogen (secondary N) is 1. The predicted octanol–water partition coefficient (Wildman–Crippen LogP) is 5.95. The molecule has 10 heteroatoms. The molecule has 0 bridgehead atoms. The number of likely N-dealkylation sites (tertiary alicyclic amines) is 1. The molecule has 1 N–H and O–H groups in total. The molecule has 0 radical (unpaired) electrons. The highest BCUT2D eigenvalue weighted by Gasteiger charge is 2.31. The summed E-state index contributed by atoms with van der Waals surface area (Å²) in [6.07, 6.45) is 1.37. The summed E-state index contributed by atoms with van der Waals surface area (Å²) in [7, 11) is 0. The summed E-state index contributed by atoms with van der Waals surface area (Å²) in [6, 6.07) is 18.1. The number of hydrogen-bond donors (Lipinski definition) is 1. The van der Waals surface area contributed by atoms with Crippen LogP contribution < -0.4 is 10.1 Å². The number of nitrogens with zero attached hydrogens (tertiary/aromatic N) is 4. The monoisotopic (exact) mass is 553 g/mol. The fraction of sp³-hybridized carbons (Fsp3) is 0.258. The molecule has 2 amide bonds. The first-order chi connectivity index (χ1) is 19.6. The van der Waals surface area contributed by atoms with Gasteiger partial charge in [0.15, 0.2) is 5.65 Å². The van der Waals surface area contributed by atoms with E-state index in [0.29, 0.717) is 53.4 Å². The molecule has 0 aliphatic carbocycles. The third-order valence-corrected chi connectivity index (χ3v) is 6.44. The molecule has 1 aliphatic rings. The minimum Gasteiger partial charge on any atom is -0.488 e. The molecule has 1 atom stereocenters. The number of benzene rings is 2. The van der Waals surface area contributed by atoms with Gasteiger partial charge >= 0.3 is 6.09 Å². The maximum Gasteiger partial charge on any atom is 0.410 e. The molecule has 1 aliphatic heterocycles. The Balaban J connectivity index is 1.42. The number of anilines is 1. The fourth-order valence-corrected chi connectivity index (χ4v) is 4.48. The van der Waals surface area contributed by atoms with E-state index in [2.05, 4.69) is 15.3 Å². The van der Waals surface area contributed by atoms with Crippen LogP contribution in [0.25, 0.3) is 22.2 Å². The summed E-state index contributed by atoms with van der Waals surface area (Å²) < 4.78 is 26.3. The normalized spacial score (nSPS) is 14.9. The quantitative estimate of drug-likeness (QED) is 0.325. The van der Waals surface area contributed by atoms with Gasteiger partial charge < -0.3 is 19.7 Å². The number of carbonyl (C=O) groups excluding carboxylic acids is 2. The maximum absolute atomic E-state index is 14.5. The van der Waals surface area contributed by atoms with Crippen molar-refractivity contribution in [3.05, 3.63) is 83.8 Å². The first-order valence-electron chi connectivity index (χ1n) is 13.1. The van der Waals surface area contributed by atoms with Crippen LogP contribution in [0.5, 0.6) is 5.75 Å². The van der Waals surface area contributed by atoms with Crippen molar-refractivity contribution in [2.24, 2.45) is 0 Å². The first kappa shape index (κ1) is 27.5. The Morgan fingerprint density at radius 2 is 1.95 bits per heavy atom. The zero-order valence-electron chi connectivity index (χ0n) is 22.8. The van der Waals surface area contributed by atoms with Crippen molar-refractivity contribution in [2.75, 3.05) is 18.4 Å². The van der Waals surface area contributed by atoms with Gasteiger partial charge in [0.2, 0.25) is 0 Å². The molecule has 3 heterocycles. The molecule has 2 aromatic heterocycles. The Kier molecular flexibility index (Phi) is 7.53. The third kappa shape index (κ3) is 6.41. The molecular weight excluding hydrogens is 525 g/mol. The van der Waals surface area contributed by atoms with E-state index in [1.165, 1.54) is 12.1 Å². The summed E-state index contributed by atoms with van der Waals surface area (Å²) >= 11 is 0. The van der Waals surface area contributed by atoms with Gasteiger partial charge in [0.05, 0.1) is 12.1 Å². The van der Waals surface area contributed by atoms with Crippen molar-refractivity contribution >= 4 is 28.9 Å². The SMILES string of the molecule is CC(C)(C)OC(=O)N1CCC(Oc2cc(C(=O)Nc3ccc4cccnc4n3)ccc2-c2ccc(C#N)c(F)c2)C1. The number of aromatic nitrogens is 2. The standard InChI is InChI=1S/C31H28FN5O4/c1-31(2,3)41-30(39)37-14-12-23(18-37)40-26-16-21(8-10-24(26)20-6-7-22(17-33)25(32)15-20)29(38)36-27-11-9-19-5-4-13-34-28(19)35-27/h4-11,13,15-16,23H,12,14,18H2,1-3H3,(H,34,35,36,38). The maximum atomic E-state index is 14.5. The van der Waals surface area contributed by atoms with Crippen molar-refractivity contribution in [2.45, 2.75) is 38.9 Å². The second-order valence-corrected chi connectivity index (χ2v) is 10.7. The molecule has 41 heavy (non-hydrogen) atoms. The lowest BCUT2D eigenvalue weighted by Crippen LogP contribution is -2.36. The number of carbonyl (C=O) groups is 2. The predicted molar refractivity (Wildman–Crippen MR) is 151 cm³/mol. The van der Waals surface area contributed by atoms with Gasteiger partial charge in [0, 0.05) is 35.7 Å². The Morgan fingerprint density at radius 3 is 2.71 bits per heavy atom. The van der Waals surface area contributed by atoms with Crippen LogP contribution >= 0.6 is 0 Å². The Bertz CT molecular complexity index is 1680. The van der Waals surface area contributed by atoms with E-state index in [-0.39, 0.29) is 11.7 Å². The summed E-state index contributed by atoms with van der Waals surface area (Å²) in [5, 5.41) is 12.8. The van der Waals surface area contributed by atoms with Crippen LogP contribution in [-0.4, -0.2) is 51.7 Å². The number of halogens is 1. The minimum absolute atomic E-state index is 0.0756. The summed E-state index contributed by atoms with van der Waals surface area (Å²) in [5.41, 5.74) is 1.11. The molecular formula is C31H28FN5O4. The van der Waals surface area contributed by atoms with Gasteiger partial charge in [-0.05, 0) is 80.9 Å². The molecule has 2 aromatic carbocycles. The topological polar surface area (TPSA) is 117 Å². The van der Waals surface area contributed by atoms with E-state index in [4.69, 9.17) is 14.7 Å². The second-order valence-electron chi connectivity index (χ2n) is 10.7. The van der Waals surface area contributed by atoms with Gasteiger partial charge in [-0.1, -0.05) is 6.07 Å². The minimum atomic E-state index is -0.661. The number of hydrogen-bond acceptors (Lipinski definition) is 7. The fourth-order valence-electron chi connectivity index (χ4n) is 4.48. The number of ether oxygens (including phenoxy) is 2. The molecule has 208 valence electrons. The van der Waals surface area contributed by atoms with Crippen LogP contribution in [0.15, 0.2) is 66.9 Å². The van der Waals surface area contributed by atoms with Crippen LogP contribution in [0.3, 0.4) is 0 Å². The highest BCUT2D eigenvalue weighted by molar-refractivity contribution is 6.04. The van der Waals surface area contributed by atoms with Crippen molar-refractivity contribution < 1.29 is 23.5 Å². The summed E-state index contributed by atoms with van der Waals surface area (Å²) in [6.45, 7) is 6.15. The number of amides is 2. The number of fused-ring (bicyclic) bond motifs is 1. The Labute approximate surface area is 236 Å².